The van der Waals surface area contributed by atoms with Gasteiger partial charge in [-0.3, -0.25) is 9.59 Å². The number of furan rings is 1. The molecule has 1 fully saturated rings. The number of hydrogen-bond acceptors (Lipinski definition) is 4. The molecule has 2 amide bonds. The summed E-state index contributed by atoms with van der Waals surface area (Å²) in [5.41, 5.74) is 1.58. The third-order valence-electron chi connectivity index (χ3n) is 4.50. The number of carbonyl (C=O) groups is 2. The summed E-state index contributed by atoms with van der Waals surface area (Å²) in [5.74, 6) is 0.836. The van der Waals surface area contributed by atoms with Crippen molar-refractivity contribution in [1.82, 2.24) is 9.80 Å². The predicted octanol–water partition coefficient (Wildman–Crippen LogP) is 2.69. The monoisotopic (exact) mass is 356 g/mol. The van der Waals surface area contributed by atoms with Crippen molar-refractivity contribution < 1.29 is 18.7 Å². The molecule has 1 aliphatic heterocycles. The van der Waals surface area contributed by atoms with Crippen LogP contribution in [-0.4, -0.2) is 48.4 Å². The molecule has 138 valence electrons. The summed E-state index contributed by atoms with van der Waals surface area (Å²) in [5, 5.41) is 0. The van der Waals surface area contributed by atoms with Crippen molar-refractivity contribution in [2.75, 3.05) is 26.8 Å². The van der Waals surface area contributed by atoms with Gasteiger partial charge < -0.3 is 19.0 Å². The quantitative estimate of drug-likeness (QED) is 0.730. The Morgan fingerprint density at radius 3 is 2.88 bits per heavy atom. The smallest absolute Gasteiger partial charge is 0.254 e. The average molecular weight is 356 g/mol. The van der Waals surface area contributed by atoms with Crippen molar-refractivity contribution in [3.63, 3.8) is 0 Å². The van der Waals surface area contributed by atoms with Crippen LogP contribution in [0.15, 0.2) is 47.1 Å². The molecule has 0 N–H and O–H groups in total. The van der Waals surface area contributed by atoms with Crippen LogP contribution < -0.4 is 0 Å². The number of ether oxygens (including phenoxy) is 1. The van der Waals surface area contributed by atoms with Crippen molar-refractivity contribution in [3.05, 3.63) is 59.5 Å². The van der Waals surface area contributed by atoms with Gasteiger partial charge in [0.05, 0.1) is 19.4 Å². The van der Waals surface area contributed by atoms with Gasteiger partial charge in [-0.15, -0.1) is 0 Å². The maximum absolute atomic E-state index is 13.0. The van der Waals surface area contributed by atoms with Gasteiger partial charge in [-0.25, -0.2) is 0 Å². The summed E-state index contributed by atoms with van der Waals surface area (Å²) in [6, 6.07) is 11.2. The summed E-state index contributed by atoms with van der Waals surface area (Å²) in [7, 11) is 1.61. The highest BCUT2D eigenvalue weighted by molar-refractivity contribution is 5.94. The van der Waals surface area contributed by atoms with Crippen molar-refractivity contribution in [3.8, 4) is 0 Å². The maximum atomic E-state index is 13.0. The van der Waals surface area contributed by atoms with Gasteiger partial charge in [0.25, 0.3) is 5.91 Å². The van der Waals surface area contributed by atoms with E-state index in [2.05, 4.69) is 0 Å². The number of amides is 2. The zero-order valence-corrected chi connectivity index (χ0v) is 15.0. The number of rotatable bonds is 8. The Labute approximate surface area is 153 Å². The maximum Gasteiger partial charge on any atom is 0.254 e. The first-order valence-corrected chi connectivity index (χ1v) is 8.84. The third kappa shape index (κ3) is 4.52. The SMILES string of the molecule is COCCN(Cc1ccco1)C(=O)c1cccc(CN2CCCC2=O)c1. The Morgan fingerprint density at radius 1 is 1.31 bits per heavy atom. The van der Waals surface area contributed by atoms with Gasteiger partial charge in [0.1, 0.15) is 5.76 Å². The average Bonchev–Trinajstić information content (AvgIpc) is 3.30. The Kier molecular flexibility index (Phi) is 6.07. The lowest BCUT2D eigenvalue weighted by molar-refractivity contribution is -0.128. The lowest BCUT2D eigenvalue weighted by Gasteiger charge is -2.22. The van der Waals surface area contributed by atoms with Gasteiger partial charge in [-0.05, 0) is 36.2 Å². The first-order valence-electron chi connectivity index (χ1n) is 8.84. The van der Waals surface area contributed by atoms with Crippen molar-refractivity contribution in [2.24, 2.45) is 0 Å². The van der Waals surface area contributed by atoms with Crippen LogP contribution in [0, 0.1) is 0 Å². The van der Waals surface area contributed by atoms with Crippen molar-refractivity contribution >= 4 is 11.8 Å². The fraction of sp³-hybridized carbons (Fsp3) is 0.400. The van der Waals surface area contributed by atoms with E-state index >= 15 is 0 Å². The minimum absolute atomic E-state index is 0.0759. The first kappa shape index (κ1) is 18.2. The number of methoxy groups -OCH3 is 1. The molecular formula is C20H24N2O4. The summed E-state index contributed by atoms with van der Waals surface area (Å²) < 4.78 is 10.5. The lowest BCUT2D eigenvalue weighted by Crippen LogP contribution is -2.33. The molecule has 1 saturated heterocycles. The van der Waals surface area contributed by atoms with E-state index in [-0.39, 0.29) is 11.8 Å². The molecule has 26 heavy (non-hydrogen) atoms. The third-order valence-corrected chi connectivity index (χ3v) is 4.50. The lowest BCUT2D eigenvalue weighted by atomic mass is 10.1. The second-order valence-electron chi connectivity index (χ2n) is 6.42. The van der Waals surface area contributed by atoms with Gasteiger partial charge in [0.2, 0.25) is 5.91 Å². The molecule has 6 heteroatoms. The van der Waals surface area contributed by atoms with E-state index in [1.54, 1.807) is 24.3 Å². The highest BCUT2D eigenvalue weighted by Crippen LogP contribution is 2.17. The van der Waals surface area contributed by atoms with Crippen LogP contribution in [0.4, 0.5) is 0 Å². The topological polar surface area (TPSA) is 63.0 Å². The molecule has 6 nitrogen and oxygen atoms in total. The predicted molar refractivity (Wildman–Crippen MR) is 96.4 cm³/mol. The number of likely N-dealkylation sites (tertiary alicyclic amines) is 1. The van der Waals surface area contributed by atoms with Crippen LogP contribution in [0.5, 0.6) is 0 Å². The van der Waals surface area contributed by atoms with Crippen LogP contribution >= 0.6 is 0 Å². The molecule has 0 radical (unpaired) electrons. The van der Waals surface area contributed by atoms with Gasteiger partial charge >= 0.3 is 0 Å². The molecular weight excluding hydrogens is 332 g/mol. The molecule has 0 aliphatic carbocycles. The minimum Gasteiger partial charge on any atom is -0.467 e. The molecule has 0 unspecified atom stereocenters. The molecule has 1 aromatic carbocycles. The highest BCUT2D eigenvalue weighted by atomic mass is 16.5. The molecule has 0 bridgehead atoms. The molecule has 2 heterocycles. The summed E-state index contributed by atoms with van der Waals surface area (Å²) in [4.78, 5) is 28.4. The number of carbonyl (C=O) groups excluding carboxylic acids is 2. The van der Waals surface area contributed by atoms with E-state index in [0.717, 1.165) is 24.3 Å². The van der Waals surface area contributed by atoms with Gasteiger partial charge in [-0.2, -0.15) is 0 Å². The molecule has 3 rings (SSSR count). The van der Waals surface area contributed by atoms with E-state index in [0.29, 0.717) is 38.2 Å². The van der Waals surface area contributed by atoms with E-state index in [1.165, 1.54) is 0 Å². The Morgan fingerprint density at radius 2 is 2.19 bits per heavy atom. The largest absolute Gasteiger partial charge is 0.467 e. The Balaban J connectivity index is 1.73. The Bertz CT molecular complexity index is 742. The standard InChI is InChI=1S/C20H24N2O4/c1-25-12-10-22(15-18-7-4-11-26-18)20(24)17-6-2-5-16(13-17)14-21-9-3-8-19(21)23/h2,4-7,11,13H,3,8-10,12,14-15H2,1H3. The van der Waals surface area contributed by atoms with Crippen LogP contribution in [-0.2, 0) is 22.6 Å². The van der Waals surface area contributed by atoms with Crippen molar-refractivity contribution in [2.45, 2.75) is 25.9 Å². The molecule has 0 atom stereocenters. The fourth-order valence-corrected chi connectivity index (χ4v) is 3.12. The second-order valence-corrected chi connectivity index (χ2v) is 6.42. The normalized spacial score (nSPS) is 14.0. The summed E-state index contributed by atoms with van der Waals surface area (Å²) >= 11 is 0. The Hall–Kier alpha value is -2.60. The number of hydrogen-bond donors (Lipinski definition) is 0. The molecule has 0 spiro atoms. The summed E-state index contributed by atoms with van der Waals surface area (Å²) in [6.07, 6.45) is 3.12. The van der Waals surface area contributed by atoms with Crippen LogP contribution in [0.2, 0.25) is 0 Å². The van der Waals surface area contributed by atoms with E-state index in [1.807, 2.05) is 35.2 Å². The van der Waals surface area contributed by atoms with Crippen LogP contribution in [0.3, 0.4) is 0 Å². The molecule has 1 aromatic heterocycles. The van der Waals surface area contributed by atoms with E-state index in [4.69, 9.17) is 9.15 Å². The van der Waals surface area contributed by atoms with Crippen LogP contribution in [0.25, 0.3) is 0 Å². The van der Waals surface area contributed by atoms with E-state index < -0.39 is 0 Å². The zero-order valence-electron chi connectivity index (χ0n) is 15.0. The van der Waals surface area contributed by atoms with Gasteiger partial charge in [0.15, 0.2) is 0 Å². The van der Waals surface area contributed by atoms with E-state index in [9.17, 15) is 9.59 Å². The number of benzene rings is 1. The van der Waals surface area contributed by atoms with Gasteiger partial charge in [-0.1, -0.05) is 12.1 Å². The number of nitrogens with zero attached hydrogens (tertiary/aromatic N) is 2. The van der Waals surface area contributed by atoms with Crippen molar-refractivity contribution in [1.29, 1.82) is 0 Å². The molecule has 1 aliphatic rings. The zero-order chi connectivity index (χ0) is 18.4. The highest BCUT2D eigenvalue weighted by Gasteiger charge is 2.21. The molecule has 2 aromatic rings. The first-order chi connectivity index (χ1) is 12.7. The fourth-order valence-electron chi connectivity index (χ4n) is 3.12. The van der Waals surface area contributed by atoms with Crippen LogP contribution in [0.1, 0.15) is 34.5 Å². The minimum atomic E-state index is -0.0759. The van der Waals surface area contributed by atoms with Gasteiger partial charge in [0, 0.05) is 38.7 Å². The summed E-state index contributed by atoms with van der Waals surface area (Å²) in [6.45, 7) is 2.66. The molecule has 0 saturated carbocycles. The second kappa shape index (κ2) is 8.67.